The molecule has 2 aromatic rings. The van der Waals surface area contributed by atoms with Crippen LogP contribution in [0.1, 0.15) is 35.1 Å². The molecule has 3 nitrogen and oxygen atoms in total. The van der Waals surface area contributed by atoms with Gasteiger partial charge in [0.05, 0.1) is 0 Å². The molecular formula is C19H22N2O. The van der Waals surface area contributed by atoms with Crippen molar-refractivity contribution in [3.63, 3.8) is 0 Å². The third kappa shape index (κ3) is 2.70. The van der Waals surface area contributed by atoms with Crippen LogP contribution in [0.4, 0.5) is 0 Å². The van der Waals surface area contributed by atoms with Crippen molar-refractivity contribution in [3.8, 4) is 0 Å². The number of pyridine rings is 1. The summed E-state index contributed by atoms with van der Waals surface area (Å²) >= 11 is 0. The lowest BCUT2D eigenvalue weighted by atomic mass is 9.80. The van der Waals surface area contributed by atoms with E-state index < -0.39 is 5.60 Å². The largest absolute Gasteiger partial charge is 0.380 e. The Morgan fingerprint density at radius 2 is 1.77 bits per heavy atom. The predicted molar refractivity (Wildman–Crippen MR) is 90.4 cm³/mol. The molecule has 0 radical (unpaired) electrons. The molecule has 0 bridgehead atoms. The Kier molecular flexibility index (Phi) is 4.10. The Hall–Kier alpha value is -1.97. The van der Waals surface area contributed by atoms with Crippen molar-refractivity contribution in [3.05, 3.63) is 65.0 Å². The molecule has 3 heteroatoms. The molecule has 0 saturated carbocycles. The minimum atomic E-state index is -0.986. The summed E-state index contributed by atoms with van der Waals surface area (Å²) in [6.45, 7) is 0.952. The molecule has 1 aromatic carbocycles. The van der Waals surface area contributed by atoms with Crippen molar-refractivity contribution in [2.45, 2.75) is 18.4 Å². The Morgan fingerprint density at radius 3 is 2.55 bits per heavy atom. The molecule has 0 spiro atoms. The van der Waals surface area contributed by atoms with Crippen LogP contribution in [0.3, 0.4) is 0 Å². The Labute approximate surface area is 131 Å². The van der Waals surface area contributed by atoms with E-state index in [0.29, 0.717) is 6.42 Å². The minimum absolute atomic E-state index is 0.683. The number of aliphatic hydroxyl groups is 1. The van der Waals surface area contributed by atoms with Gasteiger partial charge in [-0.15, -0.1) is 0 Å². The summed E-state index contributed by atoms with van der Waals surface area (Å²) in [6, 6.07) is 10.1. The standard InChI is InChI=1S/C19H22N2O/c1-21(2)13-5-11-19(22)17-7-4-3-6-15(17)8-9-16-10-12-20-14-18(16)19/h3-4,6-10,12,14,22H,5,11,13H2,1-2H3/t19-/m0/s1. The maximum atomic E-state index is 11.6. The fourth-order valence-electron chi connectivity index (χ4n) is 3.16. The van der Waals surface area contributed by atoms with Gasteiger partial charge in [0.1, 0.15) is 5.60 Å². The van der Waals surface area contributed by atoms with Gasteiger partial charge in [-0.25, -0.2) is 0 Å². The third-order valence-corrected chi connectivity index (χ3v) is 4.29. The monoisotopic (exact) mass is 294 g/mol. The first-order valence-electron chi connectivity index (χ1n) is 7.70. The molecule has 1 atom stereocenters. The molecule has 1 aromatic heterocycles. The van der Waals surface area contributed by atoms with Crippen LogP contribution >= 0.6 is 0 Å². The SMILES string of the molecule is CN(C)CCC[C@]1(O)c2ccccc2C=Cc2ccncc21. The van der Waals surface area contributed by atoms with E-state index in [2.05, 4.69) is 42.2 Å². The molecule has 0 fully saturated rings. The van der Waals surface area contributed by atoms with Crippen LogP contribution in [-0.4, -0.2) is 35.6 Å². The average molecular weight is 294 g/mol. The zero-order valence-electron chi connectivity index (χ0n) is 13.2. The molecule has 1 aliphatic carbocycles. The van der Waals surface area contributed by atoms with E-state index in [9.17, 15) is 5.11 Å². The Bertz CT molecular complexity index is 642. The maximum absolute atomic E-state index is 11.6. The first kappa shape index (κ1) is 14.9. The second kappa shape index (κ2) is 6.03. The summed E-state index contributed by atoms with van der Waals surface area (Å²) < 4.78 is 0. The van der Waals surface area contributed by atoms with E-state index in [-0.39, 0.29) is 0 Å². The van der Waals surface area contributed by atoms with Crippen molar-refractivity contribution in [1.82, 2.24) is 9.88 Å². The van der Waals surface area contributed by atoms with Crippen molar-refractivity contribution >= 4 is 12.2 Å². The summed E-state index contributed by atoms with van der Waals surface area (Å²) in [5.41, 5.74) is 3.00. The number of benzene rings is 1. The van der Waals surface area contributed by atoms with E-state index >= 15 is 0 Å². The summed E-state index contributed by atoms with van der Waals surface area (Å²) in [4.78, 5) is 6.39. The molecule has 114 valence electrons. The van der Waals surface area contributed by atoms with Gasteiger partial charge in [-0.3, -0.25) is 4.98 Å². The number of rotatable bonds is 4. The lowest BCUT2D eigenvalue weighted by Gasteiger charge is -2.31. The second-order valence-electron chi connectivity index (χ2n) is 6.15. The molecule has 3 rings (SSSR count). The topological polar surface area (TPSA) is 36.4 Å². The highest BCUT2D eigenvalue weighted by Gasteiger charge is 2.35. The molecule has 1 N–H and O–H groups in total. The highest BCUT2D eigenvalue weighted by atomic mass is 16.3. The number of hydrogen-bond donors (Lipinski definition) is 1. The van der Waals surface area contributed by atoms with Crippen LogP contribution in [0.25, 0.3) is 12.2 Å². The van der Waals surface area contributed by atoms with Crippen molar-refractivity contribution in [2.24, 2.45) is 0 Å². The fourth-order valence-corrected chi connectivity index (χ4v) is 3.16. The van der Waals surface area contributed by atoms with Gasteiger partial charge in [0.15, 0.2) is 0 Å². The molecular weight excluding hydrogens is 272 g/mol. The van der Waals surface area contributed by atoms with Crippen molar-refractivity contribution in [2.75, 3.05) is 20.6 Å². The molecule has 0 amide bonds. The van der Waals surface area contributed by atoms with Gasteiger partial charge in [0, 0.05) is 18.0 Å². The van der Waals surface area contributed by atoms with E-state index in [0.717, 1.165) is 35.2 Å². The van der Waals surface area contributed by atoms with Crippen molar-refractivity contribution < 1.29 is 5.11 Å². The van der Waals surface area contributed by atoms with Gasteiger partial charge < -0.3 is 10.0 Å². The summed E-state index contributed by atoms with van der Waals surface area (Å²) in [7, 11) is 4.12. The first-order chi connectivity index (χ1) is 10.6. The highest BCUT2D eigenvalue weighted by Crippen LogP contribution is 2.40. The van der Waals surface area contributed by atoms with Gasteiger partial charge in [-0.2, -0.15) is 0 Å². The van der Waals surface area contributed by atoms with Gasteiger partial charge in [-0.05, 0) is 56.2 Å². The fraction of sp³-hybridized carbons (Fsp3) is 0.316. The first-order valence-corrected chi connectivity index (χ1v) is 7.70. The highest BCUT2D eigenvalue weighted by molar-refractivity contribution is 5.76. The normalized spacial score (nSPS) is 19.6. The average Bonchev–Trinajstić information content (AvgIpc) is 2.64. The van der Waals surface area contributed by atoms with Crippen LogP contribution in [0.5, 0.6) is 0 Å². The Balaban J connectivity index is 2.08. The zero-order chi connectivity index (χ0) is 15.6. The number of fused-ring (bicyclic) bond motifs is 2. The van der Waals surface area contributed by atoms with Gasteiger partial charge >= 0.3 is 0 Å². The van der Waals surface area contributed by atoms with Crippen LogP contribution in [0, 0.1) is 0 Å². The molecule has 22 heavy (non-hydrogen) atoms. The molecule has 0 saturated heterocycles. The number of nitrogens with zero attached hydrogens (tertiary/aromatic N) is 2. The second-order valence-corrected chi connectivity index (χ2v) is 6.15. The maximum Gasteiger partial charge on any atom is 0.117 e. The van der Waals surface area contributed by atoms with Gasteiger partial charge in [-0.1, -0.05) is 36.4 Å². The third-order valence-electron chi connectivity index (χ3n) is 4.29. The van der Waals surface area contributed by atoms with Crippen LogP contribution < -0.4 is 0 Å². The van der Waals surface area contributed by atoms with Crippen LogP contribution in [-0.2, 0) is 5.60 Å². The molecule has 1 heterocycles. The van der Waals surface area contributed by atoms with Crippen LogP contribution in [0.15, 0.2) is 42.7 Å². The summed E-state index contributed by atoms with van der Waals surface area (Å²) in [5.74, 6) is 0. The lowest BCUT2D eigenvalue weighted by Crippen LogP contribution is -2.30. The summed E-state index contributed by atoms with van der Waals surface area (Å²) in [5, 5.41) is 11.6. The van der Waals surface area contributed by atoms with Crippen molar-refractivity contribution in [1.29, 1.82) is 0 Å². The predicted octanol–water partition coefficient (Wildman–Crippen LogP) is 3.14. The zero-order valence-corrected chi connectivity index (χ0v) is 13.2. The van der Waals surface area contributed by atoms with Crippen LogP contribution in [0.2, 0.25) is 0 Å². The minimum Gasteiger partial charge on any atom is -0.380 e. The molecule has 0 unspecified atom stereocenters. The van der Waals surface area contributed by atoms with E-state index in [1.54, 1.807) is 12.4 Å². The number of hydrogen-bond acceptors (Lipinski definition) is 3. The quantitative estimate of drug-likeness (QED) is 0.941. The smallest absolute Gasteiger partial charge is 0.117 e. The molecule has 0 aliphatic heterocycles. The molecule has 1 aliphatic rings. The van der Waals surface area contributed by atoms with E-state index in [1.807, 2.05) is 24.3 Å². The van der Waals surface area contributed by atoms with Gasteiger partial charge in [0.25, 0.3) is 0 Å². The van der Waals surface area contributed by atoms with E-state index in [4.69, 9.17) is 0 Å². The Morgan fingerprint density at radius 1 is 1.05 bits per heavy atom. The van der Waals surface area contributed by atoms with E-state index in [1.165, 1.54) is 0 Å². The summed E-state index contributed by atoms with van der Waals surface area (Å²) in [6.07, 6.45) is 9.34. The lowest BCUT2D eigenvalue weighted by molar-refractivity contribution is 0.0659. The number of aromatic nitrogens is 1. The van der Waals surface area contributed by atoms with Gasteiger partial charge in [0.2, 0.25) is 0 Å².